The van der Waals surface area contributed by atoms with Gasteiger partial charge in [-0.3, -0.25) is 25.2 Å². The molecule has 4 N–H and O–H groups in total. The topological polar surface area (TPSA) is 126 Å². The minimum absolute atomic E-state index is 0.0563. The second-order valence-electron chi connectivity index (χ2n) is 7.21. The number of ether oxygens (including phenoxy) is 1. The second-order valence-corrected chi connectivity index (χ2v) is 7.21. The number of hydrogen-bond donors (Lipinski definition) is 4. The van der Waals surface area contributed by atoms with Crippen molar-refractivity contribution in [2.45, 2.75) is 51.8 Å². The summed E-state index contributed by atoms with van der Waals surface area (Å²) in [6.07, 6.45) is 1.19. The number of carbonyl (C=O) groups is 4. The molecule has 0 aliphatic heterocycles. The fourth-order valence-electron chi connectivity index (χ4n) is 1.98. The predicted molar refractivity (Wildman–Crippen MR) is 96.3 cm³/mol. The number of hydrazine groups is 1. The quantitative estimate of drug-likeness (QED) is 0.456. The highest BCUT2D eigenvalue weighted by Gasteiger charge is 2.26. The Kier molecular flexibility index (Phi) is 6.38. The monoisotopic (exact) mass is 376 g/mol. The van der Waals surface area contributed by atoms with Crippen molar-refractivity contribution in [2.24, 2.45) is 0 Å². The highest BCUT2D eigenvalue weighted by molar-refractivity contribution is 6.35. The van der Waals surface area contributed by atoms with Gasteiger partial charge in [-0.1, -0.05) is 12.1 Å². The first-order valence-corrected chi connectivity index (χ1v) is 8.61. The van der Waals surface area contributed by atoms with Crippen molar-refractivity contribution >= 4 is 23.8 Å². The lowest BCUT2D eigenvalue weighted by Gasteiger charge is -2.19. The van der Waals surface area contributed by atoms with Crippen LogP contribution in [-0.4, -0.2) is 35.5 Å². The summed E-state index contributed by atoms with van der Waals surface area (Å²) in [4.78, 5) is 46.6. The van der Waals surface area contributed by atoms with Gasteiger partial charge in [0.25, 0.3) is 5.91 Å². The number of nitrogens with one attached hydrogen (secondary N) is 4. The van der Waals surface area contributed by atoms with E-state index in [1.165, 1.54) is 12.1 Å². The van der Waals surface area contributed by atoms with Crippen LogP contribution in [0.4, 0.5) is 4.79 Å². The zero-order valence-corrected chi connectivity index (χ0v) is 15.5. The van der Waals surface area contributed by atoms with Crippen molar-refractivity contribution < 1.29 is 23.9 Å². The third-order valence-corrected chi connectivity index (χ3v) is 3.46. The summed E-state index contributed by atoms with van der Waals surface area (Å²) in [5.74, 6) is -2.26. The normalized spacial score (nSPS) is 13.3. The van der Waals surface area contributed by atoms with Crippen LogP contribution in [0, 0.1) is 0 Å². The van der Waals surface area contributed by atoms with Crippen LogP contribution in [0.2, 0.25) is 0 Å². The molecule has 0 radical (unpaired) electrons. The van der Waals surface area contributed by atoms with Crippen molar-refractivity contribution in [3.05, 3.63) is 35.4 Å². The fraction of sp³-hybridized carbons (Fsp3) is 0.444. The first kappa shape index (κ1) is 20.2. The zero-order chi connectivity index (χ0) is 20.0. The third kappa shape index (κ3) is 7.35. The lowest BCUT2D eigenvalue weighted by molar-refractivity contribution is -0.139. The molecule has 1 aliphatic carbocycles. The summed E-state index contributed by atoms with van der Waals surface area (Å²) >= 11 is 0. The molecular weight excluding hydrogens is 352 g/mol. The Bertz CT molecular complexity index is 720. The highest BCUT2D eigenvalue weighted by atomic mass is 16.6. The van der Waals surface area contributed by atoms with E-state index >= 15 is 0 Å². The second kappa shape index (κ2) is 8.52. The molecule has 1 aromatic carbocycles. The lowest BCUT2D eigenvalue weighted by Crippen LogP contribution is -2.48. The molecule has 0 unspecified atom stereocenters. The van der Waals surface area contributed by atoms with E-state index in [1.54, 1.807) is 32.9 Å². The Labute approximate surface area is 157 Å². The number of hydrogen-bond acceptors (Lipinski definition) is 5. The molecule has 2 rings (SSSR count). The molecule has 9 heteroatoms. The summed E-state index contributed by atoms with van der Waals surface area (Å²) < 4.78 is 5.14. The first-order chi connectivity index (χ1) is 12.6. The number of carbonyl (C=O) groups excluding carboxylic acids is 4. The van der Waals surface area contributed by atoms with Crippen molar-refractivity contribution in [1.82, 2.24) is 21.5 Å². The average Bonchev–Trinajstić information content (AvgIpc) is 3.40. The van der Waals surface area contributed by atoms with Crippen LogP contribution in [0.25, 0.3) is 0 Å². The number of benzene rings is 1. The fourth-order valence-corrected chi connectivity index (χ4v) is 1.98. The van der Waals surface area contributed by atoms with Crippen LogP contribution in [0.5, 0.6) is 0 Å². The summed E-state index contributed by atoms with van der Waals surface area (Å²) in [7, 11) is 0. The SMILES string of the molecule is CC(C)(C)OC(=O)NCc1ccc(C(=O)NNC(=O)C(=O)NC2CC2)cc1. The van der Waals surface area contributed by atoms with E-state index < -0.39 is 29.4 Å². The van der Waals surface area contributed by atoms with Crippen LogP contribution >= 0.6 is 0 Å². The van der Waals surface area contributed by atoms with Crippen LogP contribution in [0.3, 0.4) is 0 Å². The van der Waals surface area contributed by atoms with Crippen LogP contribution < -0.4 is 21.5 Å². The number of alkyl carbamates (subject to hydrolysis) is 1. The van der Waals surface area contributed by atoms with Crippen molar-refractivity contribution in [3.8, 4) is 0 Å². The van der Waals surface area contributed by atoms with Gasteiger partial charge in [-0.05, 0) is 51.3 Å². The molecule has 146 valence electrons. The predicted octanol–water partition coefficient (Wildman–Crippen LogP) is 0.751. The maximum absolute atomic E-state index is 12.0. The summed E-state index contributed by atoms with van der Waals surface area (Å²) in [6, 6.07) is 6.46. The molecule has 4 amide bonds. The Morgan fingerprint density at radius 3 is 2.19 bits per heavy atom. The Balaban J connectivity index is 1.76. The largest absolute Gasteiger partial charge is 0.444 e. The summed E-state index contributed by atoms with van der Waals surface area (Å²) in [6.45, 7) is 5.56. The highest BCUT2D eigenvalue weighted by Crippen LogP contribution is 2.18. The van der Waals surface area contributed by atoms with Crippen LogP contribution in [-0.2, 0) is 20.9 Å². The van der Waals surface area contributed by atoms with Crippen molar-refractivity contribution in [2.75, 3.05) is 0 Å². The van der Waals surface area contributed by atoms with Gasteiger partial charge in [0, 0.05) is 18.2 Å². The molecular formula is C18H24N4O5. The van der Waals surface area contributed by atoms with Crippen LogP contribution in [0.15, 0.2) is 24.3 Å². The molecule has 1 saturated carbocycles. The molecule has 27 heavy (non-hydrogen) atoms. The van der Waals surface area contributed by atoms with E-state index in [9.17, 15) is 19.2 Å². The smallest absolute Gasteiger partial charge is 0.407 e. The van der Waals surface area contributed by atoms with Gasteiger partial charge in [-0.15, -0.1) is 0 Å². The number of rotatable bonds is 4. The molecule has 1 fully saturated rings. The molecule has 1 aliphatic rings. The molecule has 0 heterocycles. The van der Waals surface area contributed by atoms with Gasteiger partial charge in [0.05, 0.1) is 0 Å². The maximum atomic E-state index is 12.0. The molecule has 0 atom stereocenters. The minimum atomic E-state index is -0.923. The standard InChI is InChI=1S/C18H24N4O5/c1-18(2,3)27-17(26)19-10-11-4-6-12(7-5-11)14(23)21-22-16(25)15(24)20-13-8-9-13/h4-7,13H,8-10H2,1-3H3,(H,19,26)(H,20,24)(H,21,23)(H,22,25). The maximum Gasteiger partial charge on any atom is 0.407 e. The minimum Gasteiger partial charge on any atom is -0.444 e. The van der Waals surface area contributed by atoms with E-state index in [2.05, 4.69) is 21.5 Å². The first-order valence-electron chi connectivity index (χ1n) is 8.61. The molecule has 0 saturated heterocycles. The summed E-state index contributed by atoms with van der Waals surface area (Å²) in [5.41, 5.74) is 4.73. The Morgan fingerprint density at radius 2 is 1.63 bits per heavy atom. The lowest BCUT2D eigenvalue weighted by atomic mass is 10.1. The molecule has 0 bridgehead atoms. The van der Waals surface area contributed by atoms with E-state index in [-0.39, 0.29) is 12.6 Å². The number of amides is 4. The average molecular weight is 376 g/mol. The molecule has 0 aromatic heterocycles. The van der Waals surface area contributed by atoms with Gasteiger partial charge in [0.15, 0.2) is 0 Å². The van der Waals surface area contributed by atoms with Crippen LogP contribution in [0.1, 0.15) is 49.5 Å². The molecule has 1 aromatic rings. The third-order valence-electron chi connectivity index (χ3n) is 3.46. The van der Waals surface area contributed by atoms with Gasteiger partial charge < -0.3 is 15.4 Å². The van der Waals surface area contributed by atoms with E-state index in [0.29, 0.717) is 5.56 Å². The van der Waals surface area contributed by atoms with E-state index in [4.69, 9.17) is 4.74 Å². The van der Waals surface area contributed by atoms with Gasteiger partial charge in [-0.25, -0.2) is 4.79 Å². The van der Waals surface area contributed by atoms with Crippen molar-refractivity contribution in [3.63, 3.8) is 0 Å². The van der Waals surface area contributed by atoms with Gasteiger partial charge >= 0.3 is 17.9 Å². The van der Waals surface area contributed by atoms with E-state index in [0.717, 1.165) is 18.4 Å². The molecule has 9 nitrogen and oxygen atoms in total. The summed E-state index contributed by atoms with van der Waals surface area (Å²) in [5, 5.41) is 5.13. The van der Waals surface area contributed by atoms with Gasteiger partial charge in [0.2, 0.25) is 0 Å². The van der Waals surface area contributed by atoms with E-state index in [1.807, 2.05) is 0 Å². The van der Waals surface area contributed by atoms with Gasteiger partial charge in [0.1, 0.15) is 5.60 Å². The Morgan fingerprint density at radius 1 is 1.00 bits per heavy atom. The molecule has 0 spiro atoms. The zero-order valence-electron chi connectivity index (χ0n) is 15.5. The Hall–Kier alpha value is -3.10. The van der Waals surface area contributed by atoms with Crippen molar-refractivity contribution in [1.29, 1.82) is 0 Å². The van der Waals surface area contributed by atoms with Gasteiger partial charge in [-0.2, -0.15) is 0 Å².